The summed E-state index contributed by atoms with van der Waals surface area (Å²) >= 11 is 1.23. The van der Waals surface area contributed by atoms with Crippen molar-refractivity contribution in [1.29, 1.82) is 0 Å². The van der Waals surface area contributed by atoms with Crippen LogP contribution in [0.5, 0.6) is 5.75 Å². The third-order valence-electron chi connectivity index (χ3n) is 8.96. The van der Waals surface area contributed by atoms with Crippen LogP contribution in [0, 0.1) is 22.9 Å². The summed E-state index contributed by atoms with van der Waals surface area (Å²) in [4.78, 5) is 22.4. The van der Waals surface area contributed by atoms with E-state index in [0.717, 1.165) is 47.3 Å². The van der Waals surface area contributed by atoms with Crippen LogP contribution in [0.1, 0.15) is 42.9 Å². The number of fused-ring (bicyclic) bond motifs is 1. The van der Waals surface area contributed by atoms with Crippen LogP contribution in [-0.4, -0.2) is 89.8 Å². The standard InChI is InChI=1S/C32H39F3N4O5S/c1-43-22-2-3-27-24(16-22)29(21(19-36-27)20-39-10-13-44-14-11-39)28(40)4-5-32(31(41)37-42)6-8-38(9-7-32)12-15-45-23-17-25(33)30(35)26(34)18-23/h2-3,16-19,28,40,42H,4-15,20H2,1H3,(H,37,41). The molecule has 9 nitrogen and oxygen atoms in total. The molecule has 3 N–H and O–H groups in total. The van der Waals surface area contributed by atoms with E-state index >= 15 is 0 Å². The molecule has 0 radical (unpaired) electrons. The van der Waals surface area contributed by atoms with Crippen LogP contribution in [0.15, 0.2) is 41.4 Å². The van der Waals surface area contributed by atoms with Crippen LogP contribution < -0.4 is 10.2 Å². The molecule has 0 saturated carbocycles. The average Bonchev–Trinajstić information content (AvgIpc) is 3.06. The van der Waals surface area contributed by atoms with E-state index in [-0.39, 0.29) is 6.42 Å². The lowest BCUT2D eigenvalue weighted by Gasteiger charge is -2.40. The largest absolute Gasteiger partial charge is 0.497 e. The Morgan fingerprint density at radius 3 is 2.49 bits per heavy atom. The van der Waals surface area contributed by atoms with Gasteiger partial charge in [0.15, 0.2) is 17.5 Å². The minimum Gasteiger partial charge on any atom is -0.497 e. The molecule has 1 unspecified atom stereocenters. The fourth-order valence-electron chi connectivity index (χ4n) is 6.26. The molecule has 2 saturated heterocycles. The van der Waals surface area contributed by atoms with Crippen LogP contribution in [0.25, 0.3) is 10.9 Å². The predicted molar refractivity (Wildman–Crippen MR) is 164 cm³/mol. The van der Waals surface area contributed by atoms with Crippen molar-refractivity contribution in [2.45, 2.75) is 43.2 Å². The second-order valence-corrected chi connectivity index (χ2v) is 12.8. The molecule has 0 spiro atoms. The summed E-state index contributed by atoms with van der Waals surface area (Å²) in [5.41, 5.74) is 3.36. The Bertz CT molecular complexity index is 1460. The molecule has 2 aromatic carbocycles. The number of likely N-dealkylation sites (tertiary alicyclic amines) is 1. The molecule has 13 heteroatoms. The SMILES string of the molecule is COc1ccc2ncc(CN3CCOCC3)c(C(O)CCC3(C(=O)NO)CCN(CCSc4cc(F)c(F)c(F)c4)CC3)c2c1. The van der Waals surface area contributed by atoms with Crippen LogP contribution >= 0.6 is 11.8 Å². The minimum absolute atomic E-state index is 0.289. The molecular weight excluding hydrogens is 609 g/mol. The maximum atomic E-state index is 13.6. The van der Waals surface area contributed by atoms with Gasteiger partial charge in [0.1, 0.15) is 5.75 Å². The predicted octanol–water partition coefficient (Wildman–Crippen LogP) is 4.69. The molecule has 3 heterocycles. The molecule has 1 aromatic heterocycles. The summed E-state index contributed by atoms with van der Waals surface area (Å²) < 4.78 is 51.4. The number of ether oxygens (including phenoxy) is 2. The smallest absolute Gasteiger partial charge is 0.249 e. The van der Waals surface area contributed by atoms with Gasteiger partial charge in [0.05, 0.1) is 37.4 Å². The third kappa shape index (κ3) is 7.90. The number of halogens is 3. The van der Waals surface area contributed by atoms with Gasteiger partial charge in [-0.25, -0.2) is 18.7 Å². The number of amides is 1. The summed E-state index contributed by atoms with van der Waals surface area (Å²) in [6.07, 6.45) is 2.47. The van der Waals surface area contributed by atoms with Gasteiger partial charge in [-0.2, -0.15) is 0 Å². The van der Waals surface area contributed by atoms with E-state index in [1.54, 1.807) is 7.11 Å². The van der Waals surface area contributed by atoms with E-state index in [0.29, 0.717) is 75.1 Å². The number of nitrogens with zero attached hydrogens (tertiary/aromatic N) is 3. The van der Waals surface area contributed by atoms with Gasteiger partial charge < -0.3 is 19.5 Å². The molecule has 1 amide bonds. The van der Waals surface area contributed by atoms with E-state index < -0.39 is 34.9 Å². The molecule has 244 valence electrons. The normalized spacial score (nSPS) is 18.2. The number of rotatable bonds is 12. The van der Waals surface area contributed by atoms with E-state index in [4.69, 9.17) is 9.47 Å². The zero-order chi connectivity index (χ0) is 32.0. The van der Waals surface area contributed by atoms with E-state index in [2.05, 4.69) is 14.8 Å². The lowest BCUT2D eigenvalue weighted by atomic mass is 9.73. The maximum Gasteiger partial charge on any atom is 0.249 e. The Hall–Kier alpha value is -2.94. The molecule has 0 bridgehead atoms. The third-order valence-corrected chi connectivity index (χ3v) is 9.91. The number of carbonyl (C=O) groups excluding carboxylic acids is 1. The van der Waals surface area contributed by atoms with Gasteiger partial charge in [0.25, 0.3) is 0 Å². The Labute approximate surface area is 264 Å². The van der Waals surface area contributed by atoms with E-state index in [1.165, 1.54) is 11.8 Å². The lowest BCUT2D eigenvalue weighted by molar-refractivity contribution is -0.143. The Morgan fingerprint density at radius 1 is 1.11 bits per heavy atom. The molecule has 2 aliphatic rings. The van der Waals surface area contributed by atoms with Gasteiger partial charge in [0, 0.05) is 48.4 Å². The number of hydroxylamine groups is 1. The number of carbonyl (C=O) groups is 1. The van der Waals surface area contributed by atoms with Gasteiger partial charge in [-0.3, -0.25) is 19.9 Å². The van der Waals surface area contributed by atoms with Crippen molar-refractivity contribution in [3.63, 3.8) is 0 Å². The number of methoxy groups -OCH3 is 1. The van der Waals surface area contributed by atoms with E-state index in [1.807, 2.05) is 29.9 Å². The highest BCUT2D eigenvalue weighted by Crippen LogP contribution is 2.41. The number of thioether (sulfide) groups is 1. The molecule has 0 aliphatic carbocycles. The highest BCUT2D eigenvalue weighted by molar-refractivity contribution is 7.99. The van der Waals surface area contributed by atoms with Gasteiger partial charge in [-0.15, -0.1) is 11.8 Å². The second kappa shape index (κ2) is 15.1. The molecule has 5 rings (SSSR count). The maximum absolute atomic E-state index is 13.6. The van der Waals surface area contributed by atoms with Crippen LogP contribution in [-0.2, 0) is 16.1 Å². The van der Waals surface area contributed by atoms with Crippen molar-refractivity contribution in [3.8, 4) is 5.75 Å². The summed E-state index contributed by atoms with van der Waals surface area (Å²) in [5.74, 6) is -3.22. The Morgan fingerprint density at radius 2 is 1.82 bits per heavy atom. The summed E-state index contributed by atoms with van der Waals surface area (Å²) in [7, 11) is 1.59. The Kier molecular flexibility index (Phi) is 11.2. The number of hydrogen-bond donors (Lipinski definition) is 3. The fourth-order valence-corrected chi connectivity index (χ4v) is 7.22. The van der Waals surface area contributed by atoms with Crippen molar-refractivity contribution in [2.75, 3.05) is 58.8 Å². The number of pyridine rings is 1. The summed E-state index contributed by atoms with van der Waals surface area (Å²) in [6, 6.07) is 7.54. The van der Waals surface area contributed by atoms with Crippen LogP contribution in [0.3, 0.4) is 0 Å². The van der Waals surface area contributed by atoms with Gasteiger partial charge in [0.2, 0.25) is 5.91 Å². The van der Waals surface area contributed by atoms with Gasteiger partial charge in [-0.05, 0) is 80.2 Å². The van der Waals surface area contributed by atoms with Crippen LogP contribution in [0.2, 0.25) is 0 Å². The first kappa shape index (κ1) is 33.4. The minimum atomic E-state index is -1.48. The highest BCUT2D eigenvalue weighted by atomic mass is 32.2. The van der Waals surface area contributed by atoms with Crippen molar-refractivity contribution >= 4 is 28.6 Å². The van der Waals surface area contributed by atoms with Crippen molar-refractivity contribution in [3.05, 3.63) is 65.1 Å². The molecule has 45 heavy (non-hydrogen) atoms. The van der Waals surface area contributed by atoms with Crippen molar-refractivity contribution in [2.24, 2.45) is 5.41 Å². The number of hydrogen-bond acceptors (Lipinski definition) is 9. The van der Waals surface area contributed by atoms with Gasteiger partial charge >= 0.3 is 0 Å². The first-order valence-electron chi connectivity index (χ1n) is 15.1. The number of aliphatic hydroxyl groups excluding tert-OH is 1. The monoisotopic (exact) mass is 648 g/mol. The fraction of sp³-hybridized carbons (Fsp3) is 0.500. The zero-order valence-electron chi connectivity index (χ0n) is 25.2. The first-order valence-corrected chi connectivity index (χ1v) is 16.1. The van der Waals surface area contributed by atoms with Crippen LogP contribution in [0.4, 0.5) is 13.2 Å². The first-order chi connectivity index (χ1) is 21.7. The number of nitrogens with one attached hydrogen (secondary N) is 1. The molecular formula is C32H39F3N4O5S. The summed E-state index contributed by atoms with van der Waals surface area (Å²) in [5, 5.41) is 22.2. The number of aliphatic hydroxyl groups is 1. The number of morpholine rings is 1. The van der Waals surface area contributed by atoms with Crippen molar-refractivity contribution < 1.29 is 37.8 Å². The molecule has 2 fully saturated rings. The van der Waals surface area contributed by atoms with E-state index in [9.17, 15) is 28.3 Å². The van der Waals surface area contributed by atoms with Gasteiger partial charge in [-0.1, -0.05) is 0 Å². The summed E-state index contributed by atoms with van der Waals surface area (Å²) in [6.45, 7) is 5.16. The quantitative estimate of drug-likeness (QED) is 0.112. The highest BCUT2D eigenvalue weighted by Gasteiger charge is 2.41. The molecule has 3 aromatic rings. The zero-order valence-corrected chi connectivity index (χ0v) is 26.1. The lowest BCUT2D eigenvalue weighted by Crippen LogP contribution is -2.48. The average molecular weight is 649 g/mol. The second-order valence-electron chi connectivity index (χ2n) is 11.6. The number of piperidine rings is 1. The Balaban J connectivity index is 1.27. The van der Waals surface area contributed by atoms with Crippen molar-refractivity contribution in [1.82, 2.24) is 20.3 Å². The number of aromatic nitrogens is 1. The molecule has 2 aliphatic heterocycles. The molecule has 1 atom stereocenters. The number of benzene rings is 2. The topological polar surface area (TPSA) is 107 Å².